The van der Waals surface area contributed by atoms with Crippen LogP contribution in [0.3, 0.4) is 0 Å². The average Bonchev–Trinajstić information content (AvgIpc) is 3.01. The van der Waals surface area contributed by atoms with E-state index in [9.17, 15) is 4.79 Å². The maximum absolute atomic E-state index is 12.0. The van der Waals surface area contributed by atoms with Gasteiger partial charge in [0.25, 0.3) is 0 Å². The molecule has 0 aliphatic rings. The number of benzene rings is 1. The number of anilines is 1. The van der Waals surface area contributed by atoms with Gasteiger partial charge in [-0.1, -0.05) is 59.5 Å². The van der Waals surface area contributed by atoms with Gasteiger partial charge >= 0.3 is 0 Å². The van der Waals surface area contributed by atoms with E-state index >= 15 is 0 Å². The molecule has 0 radical (unpaired) electrons. The molecule has 0 saturated heterocycles. The molecule has 0 saturated carbocycles. The Morgan fingerprint density at radius 1 is 1.39 bits per heavy atom. The molecule has 0 unspecified atom stereocenters. The topological polar surface area (TPSA) is 66.9 Å². The Morgan fingerprint density at radius 2 is 2.17 bits per heavy atom. The molecule has 1 amide bonds. The lowest BCUT2D eigenvalue weighted by Gasteiger charge is -2.13. The van der Waals surface area contributed by atoms with Crippen LogP contribution in [0.25, 0.3) is 0 Å². The summed E-state index contributed by atoms with van der Waals surface area (Å²) >= 11 is 3.03. The van der Waals surface area contributed by atoms with Gasteiger partial charge in [0.2, 0.25) is 11.0 Å². The van der Waals surface area contributed by atoms with Crippen LogP contribution in [0.15, 0.2) is 47.3 Å². The summed E-state index contributed by atoms with van der Waals surface area (Å²) in [7, 11) is 0. The molecule has 1 aromatic heterocycles. The fourth-order valence-corrected chi connectivity index (χ4v) is 3.64. The summed E-state index contributed by atoms with van der Waals surface area (Å²) in [6, 6.07) is 9.96. The van der Waals surface area contributed by atoms with Gasteiger partial charge in [0.15, 0.2) is 4.34 Å². The maximum Gasteiger partial charge on any atom is 0.221 e. The number of carbonyl (C=O) groups excluding carboxylic acids is 1. The van der Waals surface area contributed by atoms with Gasteiger partial charge in [-0.2, -0.15) is 0 Å². The fourth-order valence-electron chi connectivity index (χ4n) is 1.87. The van der Waals surface area contributed by atoms with Crippen LogP contribution in [-0.4, -0.2) is 28.4 Å². The van der Waals surface area contributed by atoms with Crippen molar-refractivity contribution in [3.8, 4) is 0 Å². The molecule has 2 rings (SSSR count). The molecule has 1 atom stereocenters. The van der Waals surface area contributed by atoms with Gasteiger partial charge in [-0.15, -0.1) is 16.8 Å². The van der Waals surface area contributed by atoms with Crippen molar-refractivity contribution in [3.05, 3.63) is 48.6 Å². The van der Waals surface area contributed by atoms with Crippen LogP contribution in [0.2, 0.25) is 0 Å². The van der Waals surface area contributed by atoms with Gasteiger partial charge in [-0.25, -0.2) is 0 Å². The van der Waals surface area contributed by atoms with Crippen LogP contribution >= 0.6 is 23.1 Å². The van der Waals surface area contributed by atoms with Crippen molar-refractivity contribution in [2.45, 2.75) is 23.7 Å². The minimum Gasteiger partial charge on any atom is -0.357 e. The summed E-state index contributed by atoms with van der Waals surface area (Å²) in [6.07, 6.45) is 2.23. The van der Waals surface area contributed by atoms with E-state index in [0.29, 0.717) is 18.7 Å². The van der Waals surface area contributed by atoms with E-state index < -0.39 is 0 Å². The predicted octanol–water partition coefficient (Wildman–Crippen LogP) is 3.50. The lowest BCUT2D eigenvalue weighted by atomic mass is 10.1. The van der Waals surface area contributed by atoms with Gasteiger partial charge in [0, 0.05) is 18.7 Å². The molecule has 2 N–H and O–H groups in total. The van der Waals surface area contributed by atoms with Crippen molar-refractivity contribution < 1.29 is 4.79 Å². The Morgan fingerprint density at radius 3 is 2.91 bits per heavy atom. The van der Waals surface area contributed by atoms with Crippen molar-refractivity contribution in [3.63, 3.8) is 0 Å². The van der Waals surface area contributed by atoms with Crippen molar-refractivity contribution in [1.29, 1.82) is 0 Å². The van der Waals surface area contributed by atoms with E-state index in [4.69, 9.17) is 0 Å². The zero-order valence-electron chi connectivity index (χ0n) is 13.0. The highest BCUT2D eigenvalue weighted by Crippen LogP contribution is 2.25. The SMILES string of the molecule is C=CCNc1nnc(SCCC(=O)N[C@H](C)c2ccccc2)s1. The quantitative estimate of drug-likeness (QED) is 0.536. The molecule has 122 valence electrons. The fraction of sp³-hybridized carbons (Fsp3) is 0.312. The molecule has 0 bridgehead atoms. The molecule has 5 nitrogen and oxygen atoms in total. The summed E-state index contributed by atoms with van der Waals surface area (Å²) in [5.74, 6) is 0.729. The number of rotatable bonds is 9. The average molecular weight is 348 g/mol. The Bertz CT molecular complexity index is 630. The molecule has 0 aliphatic carbocycles. The minimum atomic E-state index is 0.0185. The molecule has 1 heterocycles. The highest BCUT2D eigenvalue weighted by atomic mass is 32.2. The normalized spacial score (nSPS) is 11.7. The van der Waals surface area contributed by atoms with Crippen LogP contribution in [0, 0.1) is 0 Å². The molecule has 7 heteroatoms. The van der Waals surface area contributed by atoms with E-state index in [0.717, 1.165) is 15.0 Å². The highest BCUT2D eigenvalue weighted by Gasteiger charge is 2.10. The largest absolute Gasteiger partial charge is 0.357 e. The summed E-state index contributed by atoms with van der Waals surface area (Å²) in [5.41, 5.74) is 1.11. The first-order valence-corrected chi connectivity index (χ1v) is 9.14. The smallest absolute Gasteiger partial charge is 0.221 e. The van der Waals surface area contributed by atoms with Gasteiger partial charge < -0.3 is 10.6 Å². The van der Waals surface area contributed by atoms with Gasteiger partial charge in [0.05, 0.1) is 6.04 Å². The molecule has 23 heavy (non-hydrogen) atoms. The van der Waals surface area contributed by atoms with E-state index in [2.05, 4.69) is 27.4 Å². The summed E-state index contributed by atoms with van der Waals surface area (Å²) in [5, 5.41) is 15.0. The third kappa shape index (κ3) is 6.03. The Hall–Kier alpha value is -1.86. The van der Waals surface area contributed by atoms with Crippen molar-refractivity contribution >= 4 is 34.1 Å². The molecule has 0 aliphatic heterocycles. The number of nitrogens with one attached hydrogen (secondary N) is 2. The summed E-state index contributed by atoms with van der Waals surface area (Å²) < 4.78 is 0.862. The molecule has 0 spiro atoms. The molecular formula is C16H20N4OS2. The second-order valence-electron chi connectivity index (χ2n) is 4.84. The van der Waals surface area contributed by atoms with Gasteiger partial charge in [0.1, 0.15) is 0 Å². The Balaban J connectivity index is 1.70. The summed E-state index contributed by atoms with van der Waals surface area (Å²) in [6.45, 7) is 6.30. The molecule has 0 fully saturated rings. The van der Waals surface area contributed by atoms with Crippen molar-refractivity contribution in [2.75, 3.05) is 17.6 Å². The van der Waals surface area contributed by atoms with Crippen molar-refractivity contribution in [1.82, 2.24) is 15.5 Å². The first-order valence-electron chi connectivity index (χ1n) is 7.34. The second kappa shape index (κ2) is 9.32. The third-order valence-corrected chi connectivity index (χ3v) is 5.05. The number of carbonyl (C=O) groups is 1. The lowest BCUT2D eigenvalue weighted by molar-refractivity contribution is -0.121. The van der Waals surface area contributed by atoms with E-state index in [-0.39, 0.29) is 11.9 Å². The first-order chi connectivity index (χ1) is 11.2. The van der Waals surface area contributed by atoms with Crippen LogP contribution in [0.5, 0.6) is 0 Å². The van der Waals surface area contributed by atoms with E-state index in [1.165, 1.54) is 11.3 Å². The van der Waals surface area contributed by atoms with Gasteiger partial charge in [-0.3, -0.25) is 4.79 Å². The Kier molecular flexibility index (Phi) is 7.09. The van der Waals surface area contributed by atoms with Crippen LogP contribution in [-0.2, 0) is 4.79 Å². The zero-order chi connectivity index (χ0) is 16.5. The van der Waals surface area contributed by atoms with Crippen LogP contribution in [0.1, 0.15) is 24.9 Å². The standard InChI is InChI=1S/C16H20N4OS2/c1-3-10-17-15-19-20-16(23-15)22-11-9-14(21)18-12(2)13-7-5-4-6-8-13/h3-8,12H,1,9-11H2,2H3,(H,17,19)(H,18,21)/t12-/m1/s1. The van der Waals surface area contributed by atoms with Crippen LogP contribution < -0.4 is 10.6 Å². The summed E-state index contributed by atoms with van der Waals surface area (Å²) in [4.78, 5) is 12.0. The van der Waals surface area contributed by atoms with Crippen LogP contribution in [0.4, 0.5) is 5.13 Å². The molecular weight excluding hydrogens is 328 g/mol. The predicted molar refractivity (Wildman–Crippen MR) is 96.9 cm³/mol. The first kappa shape index (κ1) is 17.5. The minimum absolute atomic E-state index is 0.0185. The monoisotopic (exact) mass is 348 g/mol. The number of thioether (sulfide) groups is 1. The lowest BCUT2D eigenvalue weighted by Crippen LogP contribution is -2.26. The number of amides is 1. The number of nitrogens with zero attached hydrogens (tertiary/aromatic N) is 2. The van der Waals surface area contributed by atoms with E-state index in [1.807, 2.05) is 37.3 Å². The van der Waals surface area contributed by atoms with Gasteiger partial charge in [-0.05, 0) is 12.5 Å². The third-order valence-electron chi connectivity index (χ3n) is 3.04. The second-order valence-corrected chi connectivity index (χ2v) is 7.16. The number of hydrogen-bond acceptors (Lipinski definition) is 6. The number of aromatic nitrogens is 2. The number of hydrogen-bond donors (Lipinski definition) is 2. The maximum atomic E-state index is 12.0. The highest BCUT2D eigenvalue weighted by molar-refractivity contribution is 8.01. The zero-order valence-corrected chi connectivity index (χ0v) is 14.6. The Labute approximate surface area is 144 Å². The molecule has 2 aromatic rings. The van der Waals surface area contributed by atoms with E-state index in [1.54, 1.807) is 17.8 Å². The van der Waals surface area contributed by atoms with Crippen molar-refractivity contribution in [2.24, 2.45) is 0 Å². The molecule has 1 aromatic carbocycles.